The summed E-state index contributed by atoms with van der Waals surface area (Å²) in [6.45, 7) is 4.54. The fraction of sp³-hybridized carbons (Fsp3) is 0.455. The molecule has 0 aromatic carbocycles. The Morgan fingerprint density at radius 1 is 1.59 bits per heavy atom. The lowest BCUT2D eigenvalue weighted by molar-refractivity contribution is 0.397. The van der Waals surface area contributed by atoms with Crippen LogP contribution < -0.4 is 21.3 Å². The number of rotatable bonds is 4. The molecule has 0 atom stereocenters. The number of methoxy groups -OCH3 is 1. The van der Waals surface area contributed by atoms with Gasteiger partial charge in [-0.3, -0.25) is 5.43 Å². The van der Waals surface area contributed by atoms with E-state index in [1.807, 2.05) is 26.0 Å². The third-order valence-corrected chi connectivity index (χ3v) is 1.99. The van der Waals surface area contributed by atoms with E-state index in [1.165, 1.54) is 0 Å². The van der Waals surface area contributed by atoms with E-state index >= 15 is 0 Å². The highest BCUT2D eigenvalue weighted by Gasteiger charge is 2.00. The minimum atomic E-state index is 0.275. The number of nitrogens with two attached hydrogens (primary N) is 1. The summed E-state index contributed by atoms with van der Waals surface area (Å²) in [5.74, 6) is 6.51. The molecule has 94 valence electrons. The molecule has 6 heteroatoms. The lowest BCUT2D eigenvalue weighted by Crippen LogP contribution is -2.44. The number of aromatic nitrogens is 1. The molecule has 6 nitrogen and oxygen atoms in total. The molecule has 0 saturated carbocycles. The topological polar surface area (TPSA) is 84.6 Å². The molecule has 0 aliphatic rings. The second kappa shape index (κ2) is 6.70. The van der Waals surface area contributed by atoms with Gasteiger partial charge in [0.15, 0.2) is 0 Å². The van der Waals surface area contributed by atoms with Crippen molar-refractivity contribution < 1.29 is 4.74 Å². The summed E-state index contributed by atoms with van der Waals surface area (Å²) in [4.78, 5) is 8.34. The number of ether oxygens (including phenoxy) is 1. The smallest absolute Gasteiger partial charge is 0.213 e. The molecule has 4 N–H and O–H groups in total. The first-order chi connectivity index (χ1) is 8.15. The van der Waals surface area contributed by atoms with Crippen LogP contribution in [0.1, 0.15) is 19.4 Å². The van der Waals surface area contributed by atoms with Crippen molar-refractivity contribution in [3.8, 4) is 5.88 Å². The Morgan fingerprint density at radius 3 is 2.94 bits per heavy atom. The zero-order chi connectivity index (χ0) is 12.7. The number of nitrogens with one attached hydrogen (secondary N) is 2. The fourth-order valence-electron chi connectivity index (χ4n) is 1.24. The van der Waals surface area contributed by atoms with Crippen LogP contribution in [-0.4, -0.2) is 24.1 Å². The van der Waals surface area contributed by atoms with Crippen LogP contribution in [0.25, 0.3) is 0 Å². The molecule has 0 amide bonds. The highest BCUT2D eigenvalue weighted by molar-refractivity contribution is 5.79. The van der Waals surface area contributed by atoms with E-state index in [2.05, 4.69) is 20.7 Å². The van der Waals surface area contributed by atoms with Gasteiger partial charge in [-0.25, -0.2) is 15.8 Å². The van der Waals surface area contributed by atoms with Crippen LogP contribution in [0.15, 0.2) is 23.3 Å². The normalized spacial score (nSPS) is 11.5. The second-order valence-corrected chi connectivity index (χ2v) is 3.81. The number of hydrazine groups is 1. The highest BCUT2D eigenvalue weighted by Crippen LogP contribution is 2.09. The number of aliphatic imine (C=N–C) groups is 1. The minimum Gasteiger partial charge on any atom is -0.481 e. The number of hydrogen-bond donors (Lipinski definition) is 3. The van der Waals surface area contributed by atoms with E-state index in [9.17, 15) is 0 Å². The summed E-state index contributed by atoms with van der Waals surface area (Å²) in [6, 6.07) is 4.00. The summed E-state index contributed by atoms with van der Waals surface area (Å²) in [6.07, 6.45) is 1.69. The molecular weight excluding hydrogens is 218 g/mol. The van der Waals surface area contributed by atoms with Crippen LogP contribution in [0.4, 0.5) is 0 Å². The van der Waals surface area contributed by atoms with Gasteiger partial charge in [-0.05, 0) is 25.5 Å². The molecule has 17 heavy (non-hydrogen) atoms. The Labute approximate surface area is 101 Å². The summed E-state index contributed by atoms with van der Waals surface area (Å²) >= 11 is 0. The number of nitrogens with zero attached hydrogens (tertiary/aromatic N) is 2. The fourth-order valence-corrected chi connectivity index (χ4v) is 1.24. The van der Waals surface area contributed by atoms with Crippen LogP contribution in [0, 0.1) is 0 Å². The van der Waals surface area contributed by atoms with E-state index in [0.29, 0.717) is 18.4 Å². The molecular formula is C11H19N5O. The van der Waals surface area contributed by atoms with Crippen LogP contribution in [0.5, 0.6) is 5.88 Å². The predicted octanol–water partition coefficient (Wildman–Crippen LogP) is 0.408. The van der Waals surface area contributed by atoms with Gasteiger partial charge in [0.2, 0.25) is 11.8 Å². The minimum absolute atomic E-state index is 0.275. The zero-order valence-electron chi connectivity index (χ0n) is 10.4. The Hall–Kier alpha value is -1.82. The van der Waals surface area contributed by atoms with Crippen molar-refractivity contribution in [2.45, 2.75) is 26.4 Å². The Morgan fingerprint density at radius 2 is 2.35 bits per heavy atom. The van der Waals surface area contributed by atoms with Crippen molar-refractivity contribution in [3.63, 3.8) is 0 Å². The quantitative estimate of drug-likeness (QED) is 0.306. The van der Waals surface area contributed by atoms with Crippen molar-refractivity contribution in [1.82, 2.24) is 15.7 Å². The molecule has 1 heterocycles. The first kappa shape index (κ1) is 13.2. The maximum Gasteiger partial charge on any atom is 0.213 e. The van der Waals surface area contributed by atoms with Crippen molar-refractivity contribution in [3.05, 3.63) is 23.9 Å². The summed E-state index contributed by atoms with van der Waals surface area (Å²) in [7, 11) is 1.59. The first-order valence-electron chi connectivity index (χ1n) is 5.42. The van der Waals surface area contributed by atoms with Crippen LogP contribution in [0.3, 0.4) is 0 Å². The average molecular weight is 237 g/mol. The SMILES string of the molecule is COc1cc(CN=C(NN)NC(C)C)ccn1. The Bertz CT molecular complexity index is 378. The monoisotopic (exact) mass is 237 g/mol. The number of guanidine groups is 1. The third-order valence-electron chi connectivity index (χ3n) is 1.99. The van der Waals surface area contributed by atoms with Crippen molar-refractivity contribution >= 4 is 5.96 Å². The molecule has 0 fully saturated rings. The van der Waals surface area contributed by atoms with E-state index in [-0.39, 0.29) is 6.04 Å². The molecule has 1 rings (SSSR count). The summed E-state index contributed by atoms with van der Waals surface area (Å²) in [5, 5.41) is 3.10. The molecule has 0 aliphatic heterocycles. The van der Waals surface area contributed by atoms with Gasteiger partial charge in [0.05, 0.1) is 13.7 Å². The summed E-state index contributed by atoms with van der Waals surface area (Å²) in [5.41, 5.74) is 3.53. The maximum absolute atomic E-state index is 5.36. The van der Waals surface area contributed by atoms with Crippen molar-refractivity contribution in [1.29, 1.82) is 0 Å². The third kappa shape index (κ3) is 4.69. The Kier molecular flexibility index (Phi) is 5.22. The lowest BCUT2D eigenvalue weighted by atomic mass is 10.3. The Balaban J connectivity index is 2.66. The molecule has 0 saturated heterocycles. The van der Waals surface area contributed by atoms with Gasteiger partial charge in [-0.1, -0.05) is 0 Å². The number of hydrogen-bond acceptors (Lipinski definition) is 4. The predicted molar refractivity (Wildman–Crippen MR) is 67.5 cm³/mol. The molecule has 1 aromatic heterocycles. The van der Waals surface area contributed by atoms with Gasteiger partial charge < -0.3 is 10.1 Å². The molecule has 0 spiro atoms. The largest absolute Gasteiger partial charge is 0.481 e. The lowest BCUT2D eigenvalue weighted by Gasteiger charge is -2.11. The maximum atomic E-state index is 5.36. The van der Waals surface area contributed by atoms with Gasteiger partial charge in [-0.15, -0.1) is 0 Å². The van der Waals surface area contributed by atoms with Crippen LogP contribution >= 0.6 is 0 Å². The van der Waals surface area contributed by atoms with E-state index < -0.39 is 0 Å². The van der Waals surface area contributed by atoms with E-state index in [4.69, 9.17) is 10.6 Å². The highest BCUT2D eigenvalue weighted by atomic mass is 16.5. The molecule has 0 bridgehead atoms. The first-order valence-corrected chi connectivity index (χ1v) is 5.42. The second-order valence-electron chi connectivity index (χ2n) is 3.81. The van der Waals surface area contributed by atoms with Crippen molar-refractivity contribution in [2.24, 2.45) is 10.8 Å². The molecule has 1 aromatic rings. The molecule has 0 aliphatic carbocycles. The van der Waals surface area contributed by atoms with Crippen LogP contribution in [-0.2, 0) is 6.54 Å². The van der Waals surface area contributed by atoms with Crippen molar-refractivity contribution in [2.75, 3.05) is 7.11 Å². The molecule has 0 unspecified atom stereocenters. The van der Waals surface area contributed by atoms with Gasteiger partial charge >= 0.3 is 0 Å². The van der Waals surface area contributed by atoms with Gasteiger partial charge in [0, 0.05) is 18.3 Å². The number of pyridine rings is 1. The van der Waals surface area contributed by atoms with Crippen LogP contribution in [0.2, 0.25) is 0 Å². The van der Waals surface area contributed by atoms with Gasteiger partial charge in [-0.2, -0.15) is 0 Å². The average Bonchev–Trinajstić information content (AvgIpc) is 2.34. The standard InChI is InChI=1S/C11H19N5O/c1-8(2)15-11(16-12)14-7-9-4-5-13-10(6-9)17-3/h4-6,8H,7,12H2,1-3H3,(H2,14,15,16). The van der Waals surface area contributed by atoms with E-state index in [0.717, 1.165) is 5.56 Å². The summed E-state index contributed by atoms with van der Waals surface area (Å²) < 4.78 is 5.04. The zero-order valence-corrected chi connectivity index (χ0v) is 10.4. The van der Waals surface area contributed by atoms with E-state index in [1.54, 1.807) is 13.3 Å². The molecule has 0 radical (unpaired) electrons. The van der Waals surface area contributed by atoms with Gasteiger partial charge in [0.1, 0.15) is 0 Å². The van der Waals surface area contributed by atoms with Gasteiger partial charge in [0.25, 0.3) is 0 Å².